The lowest BCUT2D eigenvalue weighted by atomic mass is 10.3. The summed E-state index contributed by atoms with van der Waals surface area (Å²) in [7, 11) is 1.19. The van der Waals surface area contributed by atoms with Gasteiger partial charge < -0.3 is 15.8 Å². The van der Waals surface area contributed by atoms with E-state index in [0.29, 0.717) is 0 Å². The van der Waals surface area contributed by atoms with Crippen molar-refractivity contribution in [3.63, 3.8) is 0 Å². The van der Waals surface area contributed by atoms with Crippen LogP contribution in [0.3, 0.4) is 0 Å². The van der Waals surface area contributed by atoms with E-state index < -0.39 is 18.0 Å². The first-order valence-electron chi connectivity index (χ1n) is 3.28. The fourth-order valence-electron chi connectivity index (χ4n) is 0.450. The molecule has 0 heterocycles. The minimum Gasteiger partial charge on any atom is -0.466 e. The Labute approximate surface area is 70.6 Å². The van der Waals surface area contributed by atoms with E-state index in [2.05, 4.69) is 16.6 Å². The summed E-state index contributed by atoms with van der Waals surface area (Å²) in [5, 5.41) is 2.19. The number of hydrogen-bond acceptors (Lipinski definition) is 4. The van der Waals surface area contributed by atoms with Crippen molar-refractivity contribution in [2.75, 3.05) is 7.11 Å². The highest BCUT2D eigenvalue weighted by Crippen LogP contribution is 1.87. The van der Waals surface area contributed by atoms with Crippen LogP contribution in [-0.4, -0.2) is 25.2 Å². The van der Waals surface area contributed by atoms with Gasteiger partial charge in [0, 0.05) is 5.57 Å². The largest absolute Gasteiger partial charge is 0.466 e. The number of carbonyl (C=O) groups excluding carboxylic acids is 2. The zero-order valence-corrected chi connectivity index (χ0v) is 7.09. The van der Waals surface area contributed by atoms with Crippen molar-refractivity contribution in [3.05, 3.63) is 12.2 Å². The summed E-state index contributed by atoms with van der Waals surface area (Å²) < 4.78 is 4.28. The van der Waals surface area contributed by atoms with E-state index in [9.17, 15) is 9.59 Å². The monoisotopic (exact) mass is 172 g/mol. The topological polar surface area (TPSA) is 81.4 Å². The maximum atomic E-state index is 10.9. The molecule has 68 valence electrons. The summed E-state index contributed by atoms with van der Waals surface area (Å²) >= 11 is 0. The quantitative estimate of drug-likeness (QED) is 0.329. The van der Waals surface area contributed by atoms with Crippen LogP contribution in [0.2, 0.25) is 0 Å². The zero-order chi connectivity index (χ0) is 9.72. The van der Waals surface area contributed by atoms with Crippen LogP contribution in [0, 0.1) is 0 Å². The second-order valence-corrected chi connectivity index (χ2v) is 2.25. The minimum absolute atomic E-state index is 0.286. The summed E-state index contributed by atoms with van der Waals surface area (Å²) in [4.78, 5) is 21.6. The molecule has 0 fully saturated rings. The highest BCUT2D eigenvalue weighted by molar-refractivity contribution is 5.94. The van der Waals surface area contributed by atoms with Gasteiger partial charge in [0.05, 0.1) is 7.11 Å². The number of nitrogens with two attached hydrogens (primary N) is 1. The molecule has 1 amide bonds. The van der Waals surface area contributed by atoms with Gasteiger partial charge in [-0.3, -0.25) is 4.79 Å². The summed E-state index contributed by atoms with van der Waals surface area (Å²) in [6.07, 6.45) is -1.13. The van der Waals surface area contributed by atoms with Crippen molar-refractivity contribution >= 4 is 11.9 Å². The van der Waals surface area contributed by atoms with Crippen LogP contribution >= 0.6 is 0 Å². The van der Waals surface area contributed by atoms with Gasteiger partial charge in [0.2, 0.25) is 5.91 Å². The maximum Gasteiger partial charge on any atom is 0.343 e. The van der Waals surface area contributed by atoms with Gasteiger partial charge in [-0.25, -0.2) is 4.79 Å². The molecule has 0 saturated carbocycles. The van der Waals surface area contributed by atoms with E-state index in [1.54, 1.807) is 0 Å². The molecular weight excluding hydrogens is 160 g/mol. The molecule has 0 radical (unpaired) electrons. The van der Waals surface area contributed by atoms with Gasteiger partial charge in [-0.2, -0.15) is 0 Å². The molecule has 5 heteroatoms. The lowest BCUT2D eigenvalue weighted by molar-refractivity contribution is -0.144. The zero-order valence-electron chi connectivity index (χ0n) is 7.09. The number of methoxy groups -OCH3 is 1. The van der Waals surface area contributed by atoms with Crippen molar-refractivity contribution < 1.29 is 14.3 Å². The third-order valence-electron chi connectivity index (χ3n) is 1.13. The first kappa shape index (κ1) is 10.6. The fraction of sp³-hybridized carbons (Fsp3) is 0.429. The number of nitrogens with one attached hydrogen (secondary N) is 1. The Bertz CT molecular complexity index is 213. The van der Waals surface area contributed by atoms with Crippen LogP contribution in [0.1, 0.15) is 6.92 Å². The molecule has 1 unspecified atom stereocenters. The number of rotatable bonds is 3. The molecule has 0 aliphatic carbocycles. The van der Waals surface area contributed by atoms with Crippen molar-refractivity contribution in [1.29, 1.82) is 0 Å². The minimum atomic E-state index is -1.13. The van der Waals surface area contributed by atoms with E-state index >= 15 is 0 Å². The van der Waals surface area contributed by atoms with Crippen molar-refractivity contribution in [2.45, 2.75) is 13.1 Å². The molecule has 0 aromatic heterocycles. The van der Waals surface area contributed by atoms with Gasteiger partial charge in [-0.05, 0) is 6.92 Å². The molecule has 0 bridgehead atoms. The van der Waals surface area contributed by atoms with E-state index in [1.165, 1.54) is 14.0 Å². The smallest absolute Gasteiger partial charge is 0.343 e. The first-order chi connectivity index (χ1) is 5.49. The third kappa shape index (κ3) is 3.16. The van der Waals surface area contributed by atoms with Crippen LogP contribution in [0.4, 0.5) is 0 Å². The molecule has 0 aliphatic rings. The van der Waals surface area contributed by atoms with Gasteiger partial charge in [0.25, 0.3) is 0 Å². The Hall–Kier alpha value is -1.36. The van der Waals surface area contributed by atoms with Crippen molar-refractivity contribution in [3.8, 4) is 0 Å². The molecule has 0 aromatic carbocycles. The van der Waals surface area contributed by atoms with Gasteiger partial charge in [-0.1, -0.05) is 6.58 Å². The predicted octanol–water partition coefficient (Wildman–Crippen LogP) is -0.863. The molecule has 3 N–H and O–H groups in total. The lowest BCUT2D eigenvalue weighted by Crippen LogP contribution is -2.48. The Morgan fingerprint density at radius 2 is 2.08 bits per heavy atom. The molecule has 0 aliphatic heterocycles. The second-order valence-electron chi connectivity index (χ2n) is 2.25. The van der Waals surface area contributed by atoms with Crippen LogP contribution in [0.5, 0.6) is 0 Å². The highest BCUT2D eigenvalue weighted by atomic mass is 16.5. The summed E-state index contributed by atoms with van der Waals surface area (Å²) in [6, 6.07) is 0. The van der Waals surface area contributed by atoms with Crippen LogP contribution < -0.4 is 11.1 Å². The van der Waals surface area contributed by atoms with Crippen LogP contribution in [0.15, 0.2) is 12.2 Å². The number of amides is 1. The maximum absolute atomic E-state index is 10.9. The van der Waals surface area contributed by atoms with Gasteiger partial charge >= 0.3 is 5.97 Å². The number of hydrogen-bond donors (Lipinski definition) is 2. The normalized spacial score (nSPS) is 11.6. The summed E-state index contributed by atoms with van der Waals surface area (Å²) in [5.74, 6) is -1.16. The van der Waals surface area contributed by atoms with E-state index in [1.807, 2.05) is 0 Å². The molecule has 0 aromatic rings. The molecular formula is C7H12N2O3. The molecule has 0 saturated heterocycles. The molecule has 0 spiro atoms. The standard InChI is InChI=1S/C7H12N2O3/c1-4(2)6(10)9-5(8)7(11)12-3/h5H,1,8H2,2-3H3,(H,9,10). The third-order valence-corrected chi connectivity index (χ3v) is 1.13. The Kier molecular flexibility index (Phi) is 3.99. The summed E-state index contributed by atoms with van der Waals surface area (Å²) in [5.41, 5.74) is 5.51. The second kappa shape index (κ2) is 4.50. The Morgan fingerprint density at radius 1 is 1.58 bits per heavy atom. The van der Waals surface area contributed by atoms with Crippen molar-refractivity contribution in [2.24, 2.45) is 5.73 Å². The van der Waals surface area contributed by atoms with Crippen LogP contribution in [0.25, 0.3) is 0 Å². The average Bonchev–Trinajstić information content (AvgIpc) is 2.02. The number of esters is 1. The molecule has 0 rings (SSSR count). The van der Waals surface area contributed by atoms with Gasteiger partial charge in [0.15, 0.2) is 6.17 Å². The average molecular weight is 172 g/mol. The highest BCUT2D eigenvalue weighted by Gasteiger charge is 2.15. The Morgan fingerprint density at radius 3 is 2.42 bits per heavy atom. The van der Waals surface area contributed by atoms with Gasteiger partial charge in [-0.15, -0.1) is 0 Å². The predicted molar refractivity (Wildman–Crippen MR) is 42.9 cm³/mol. The van der Waals surface area contributed by atoms with E-state index in [-0.39, 0.29) is 5.57 Å². The SMILES string of the molecule is C=C(C)C(=O)NC(N)C(=O)OC. The Balaban J connectivity index is 4.01. The van der Waals surface area contributed by atoms with E-state index in [4.69, 9.17) is 5.73 Å². The molecule has 12 heavy (non-hydrogen) atoms. The lowest BCUT2D eigenvalue weighted by Gasteiger charge is -2.10. The van der Waals surface area contributed by atoms with E-state index in [0.717, 1.165) is 0 Å². The van der Waals surface area contributed by atoms with Crippen molar-refractivity contribution in [1.82, 2.24) is 5.32 Å². The summed E-state index contributed by atoms with van der Waals surface area (Å²) in [6.45, 7) is 4.89. The first-order valence-corrected chi connectivity index (χ1v) is 3.28. The fourth-order valence-corrected chi connectivity index (χ4v) is 0.450. The molecule has 1 atom stereocenters. The number of carbonyl (C=O) groups is 2. The molecule has 5 nitrogen and oxygen atoms in total. The number of ether oxygens (including phenoxy) is 1. The van der Waals surface area contributed by atoms with Gasteiger partial charge in [0.1, 0.15) is 0 Å². The van der Waals surface area contributed by atoms with Crippen LogP contribution in [-0.2, 0) is 14.3 Å².